The van der Waals surface area contributed by atoms with E-state index in [1.54, 1.807) is 6.92 Å². The quantitative estimate of drug-likeness (QED) is 0.248. The molecule has 1 amide bonds. The molecule has 0 spiro atoms. The Hall–Kier alpha value is -1.17. The van der Waals surface area contributed by atoms with Crippen LogP contribution >= 0.6 is 12.2 Å². The monoisotopic (exact) mass is 286 g/mol. The second kappa shape index (κ2) is 11.9. The van der Waals surface area contributed by atoms with Crippen molar-refractivity contribution in [2.24, 2.45) is 10.8 Å². The summed E-state index contributed by atoms with van der Waals surface area (Å²) in [6, 6.07) is 0. The smallest absolute Gasteiger partial charge is 0.225 e. The van der Waals surface area contributed by atoms with Crippen LogP contribution in [0.2, 0.25) is 0 Å². The summed E-state index contributed by atoms with van der Waals surface area (Å²) >= 11 is 4.62. The number of rotatable bonds is 10. The third-order valence-corrected chi connectivity index (χ3v) is 2.72. The first kappa shape index (κ1) is 17.8. The van der Waals surface area contributed by atoms with E-state index < -0.39 is 0 Å². The van der Waals surface area contributed by atoms with Gasteiger partial charge in [-0.1, -0.05) is 39.0 Å². The maximum atomic E-state index is 11.5. The lowest BCUT2D eigenvalue weighted by atomic mass is 10.1. The van der Waals surface area contributed by atoms with Crippen molar-refractivity contribution in [2.45, 2.75) is 58.8 Å². The van der Waals surface area contributed by atoms with Crippen molar-refractivity contribution in [3.05, 3.63) is 0 Å². The summed E-state index contributed by atoms with van der Waals surface area (Å²) in [4.78, 5) is 11.5. The van der Waals surface area contributed by atoms with E-state index in [4.69, 9.17) is 5.73 Å². The molecule has 4 N–H and O–H groups in total. The van der Waals surface area contributed by atoms with Crippen LogP contribution in [0.1, 0.15) is 58.8 Å². The van der Waals surface area contributed by atoms with Gasteiger partial charge in [0, 0.05) is 12.3 Å². The van der Waals surface area contributed by atoms with E-state index in [9.17, 15) is 4.79 Å². The van der Waals surface area contributed by atoms with Crippen LogP contribution in [0.3, 0.4) is 0 Å². The molecule has 0 unspecified atom stereocenters. The zero-order valence-electron chi connectivity index (χ0n) is 12.0. The van der Waals surface area contributed by atoms with E-state index >= 15 is 0 Å². The Morgan fingerprint density at radius 2 is 1.84 bits per heavy atom. The number of unbranched alkanes of at least 4 members (excludes halogenated alkanes) is 5. The van der Waals surface area contributed by atoms with Gasteiger partial charge in [-0.25, -0.2) is 0 Å². The Kier molecular flexibility index (Phi) is 11.2. The molecule has 0 aliphatic heterocycles. The van der Waals surface area contributed by atoms with Gasteiger partial charge in [-0.2, -0.15) is 5.10 Å². The molecule has 0 fully saturated rings. The molecule has 5 nitrogen and oxygen atoms in total. The summed E-state index contributed by atoms with van der Waals surface area (Å²) in [6.45, 7) is 4.70. The fourth-order valence-electron chi connectivity index (χ4n) is 1.62. The summed E-state index contributed by atoms with van der Waals surface area (Å²) in [5.41, 5.74) is 8.36. The number of carbonyl (C=O) groups is 1. The Morgan fingerprint density at radius 3 is 2.47 bits per heavy atom. The minimum absolute atomic E-state index is 0.0143. The van der Waals surface area contributed by atoms with Gasteiger partial charge in [0.05, 0.1) is 6.42 Å². The van der Waals surface area contributed by atoms with Crippen molar-refractivity contribution >= 4 is 28.9 Å². The molecule has 0 rings (SSSR count). The summed E-state index contributed by atoms with van der Waals surface area (Å²) in [6.07, 6.45) is 7.59. The highest BCUT2D eigenvalue weighted by molar-refractivity contribution is 7.80. The molecule has 0 bridgehead atoms. The molecule has 0 aromatic heterocycles. The molecule has 0 saturated heterocycles. The van der Waals surface area contributed by atoms with E-state index in [1.165, 1.54) is 32.1 Å². The summed E-state index contributed by atoms with van der Waals surface area (Å²) in [5, 5.41) is 6.87. The van der Waals surface area contributed by atoms with E-state index in [2.05, 4.69) is 35.0 Å². The SMILES string of the molecule is CCCCCCCCNC(=O)C/C(C)=N/NC(N)=S. The highest BCUT2D eigenvalue weighted by atomic mass is 32.1. The van der Waals surface area contributed by atoms with Crippen molar-refractivity contribution in [1.82, 2.24) is 10.7 Å². The zero-order chi connectivity index (χ0) is 14.5. The Morgan fingerprint density at radius 1 is 1.21 bits per heavy atom. The number of amides is 1. The number of hydrazone groups is 1. The molecule has 0 atom stereocenters. The van der Waals surface area contributed by atoms with Crippen LogP contribution in [0.5, 0.6) is 0 Å². The molecular weight excluding hydrogens is 260 g/mol. The van der Waals surface area contributed by atoms with Crippen LogP contribution in [0.25, 0.3) is 0 Å². The van der Waals surface area contributed by atoms with Crippen molar-refractivity contribution in [3.63, 3.8) is 0 Å². The lowest BCUT2D eigenvalue weighted by Crippen LogP contribution is -2.28. The number of hydrogen-bond donors (Lipinski definition) is 3. The molecule has 0 aliphatic carbocycles. The van der Waals surface area contributed by atoms with Gasteiger partial charge in [0.2, 0.25) is 5.91 Å². The number of nitrogens with two attached hydrogens (primary N) is 1. The molecule has 19 heavy (non-hydrogen) atoms. The highest BCUT2D eigenvalue weighted by Gasteiger charge is 2.02. The molecule has 0 aliphatic rings. The highest BCUT2D eigenvalue weighted by Crippen LogP contribution is 2.04. The topological polar surface area (TPSA) is 79.5 Å². The second-order valence-electron chi connectivity index (χ2n) is 4.62. The normalized spacial score (nSPS) is 11.2. The minimum Gasteiger partial charge on any atom is -0.375 e. The maximum absolute atomic E-state index is 11.5. The van der Waals surface area contributed by atoms with E-state index in [-0.39, 0.29) is 17.4 Å². The largest absolute Gasteiger partial charge is 0.375 e. The fraction of sp³-hybridized carbons (Fsp3) is 0.769. The van der Waals surface area contributed by atoms with Crippen LogP contribution in [-0.2, 0) is 4.79 Å². The van der Waals surface area contributed by atoms with Crippen molar-refractivity contribution in [2.75, 3.05) is 6.54 Å². The van der Waals surface area contributed by atoms with E-state index in [1.807, 2.05) is 0 Å². The van der Waals surface area contributed by atoms with Crippen LogP contribution in [0.4, 0.5) is 0 Å². The first-order valence-electron chi connectivity index (χ1n) is 6.91. The first-order chi connectivity index (χ1) is 9.06. The van der Waals surface area contributed by atoms with E-state index in [0.717, 1.165) is 13.0 Å². The molecule has 0 aromatic carbocycles. The molecule has 0 heterocycles. The average molecular weight is 286 g/mol. The molecule has 0 saturated carbocycles. The van der Waals surface area contributed by atoms with Gasteiger partial charge in [0.15, 0.2) is 5.11 Å². The Labute approximate surface area is 121 Å². The van der Waals surface area contributed by atoms with Gasteiger partial charge in [0.1, 0.15) is 0 Å². The molecule has 6 heteroatoms. The second-order valence-corrected chi connectivity index (χ2v) is 5.06. The van der Waals surface area contributed by atoms with E-state index in [0.29, 0.717) is 5.71 Å². The average Bonchev–Trinajstić information content (AvgIpc) is 2.35. The number of carbonyl (C=O) groups excluding carboxylic acids is 1. The van der Waals surface area contributed by atoms with Gasteiger partial charge >= 0.3 is 0 Å². The number of thiocarbonyl (C=S) groups is 1. The van der Waals surface area contributed by atoms with Gasteiger partial charge in [0.25, 0.3) is 0 Å². The molecule has 110 valence electrons. The lowest BCUT2D eigenvalue weighted by Gasteiger charge is -2.05. The van der Waals surface area contributed by atoms with Gasteiger partial charge in [-0.05, 0) is 25.6 Å². The summed E-state index contributed by atoms with van der Waals surface area (Å²) < 4.78 is 0. The third-order valence-electron chi connectivity index (χ3n) is 2.63. The minimum atomic E-state index is -0.0143. The first-order valence-corrected chi connectivity index (χ1v) is 7.32. The number of hydrogen-bond acceptors (Lipinski definition) is 3. The molecule has 0 radical (unpaired) electrons. The predicted molar refractivity (Wildman–Crippen MR) is 84.0 cm³/mol. The standard InChI is InChI=1S/C13H26N4OS/c1-3-4-5-6-7-8-9-15-12(18)10-11(2)16-17-13(14)19/h3-10H2,1-2H3,(H,15,18)(H3,14,17,19)/b16-11+. The van der Waals surface area contributed by atoms with Gasteiger partial charge in [-0.3, -0.25) is 10.2 Å². The number of nitrogens with one attached hydrogen (secondary N) is 2. The predicted octanol–water partition coefficient (Wildman–Crippen LogP) is 2.06. The van der Waals surface area contributed by atoms with Crippen molar-refractivity contribution < 1.29 is 4.79 Å². The van der Waals surface area contributed by atoms with Crippen molar-refractivity contribution in [1.29, 1.82) is 0 Å². The maximum Gasteiger partial charge on any atom is 0.225 e. The molecular formula is C13H26N4OS. The van der Waals surface area contributed by atoms with Gasteiger partial charge in [-0.15, -0.1) is 0 Å². The Bertz CT molecular complexity index is 305. The summed E-state index contributed by atoms with van der Waals surface area (Å²) in [7, 11) is 0. The van der Waals surface area contributed by atoms with Crippen LogP contribution < -0.4 is 16.5 Å². The Balaban J connectivity index is 3.53. The van der Waals surface area contributed by atoms with Crippen LogP contribution in [0.15, 0.2) is 5.10 Å². The number of nitrogens with zero attached hydrogens (tertiary/aromatic N) is 1. The zero-order valence-corrected chi connectivity index (χ0v) is 12.8. The van der Waals surface area contributed by atoms with Crippen LogP contribution in [0, 0.1) is 0 Å². The van der Waals surface area contributed by atoms with Crippen molar-refractivity contribution in [3.8, 4) is 0 Å². The summed E-state index contributed by atoms with van der Waals surface area (Å²) in [5.74, 6) is -0.0143. The van der Waals surface area contributed by atoms with Gasteiger partial charge < -0.3 is 11.1 Å². The third kappa shape index (κ3) is 13.1. The lowest BCUT2D eigenvalue weighted by molar-refractivity contribution is -0.119. The fourth-order valence-corrected chi connectivity index (χ4v) is 1.66. The van der Waals surface area contributed by atoms with Crippen LogP contribution in [-0.4, -0.2) is 23.3 Å². The molecule has 0 aromatic rings.